The molecule has 3 amide bonds. The van der Waals surface area contributed by atoms with E-state index < -0.39 is 11.3 Å². The van der Waals surface area contributed by atoms with Crippen molar-refractivity contribution in [2.45, 2.75) is 44.9 Å². The van der Waals surface area contributed by atoms with Crippen LogP contribution in [0.1, 0.15) is 50.5 Å². The normalized spacial score (nSPS) is 24.7. The van der Waals surface area contributed by atoms with Crippen molar-refractivity contribution in [1.82, 2.24) is 14.7 Å². The van der Waals surface area contributed by atoms with Crippen LogP contribution in [0.3, 0.4) is 0 Å². The first-order chi connectivity index (χ1) is 14.5. The monoisotopic (exact) mass is 415 g/mol. The van der Waals surface area contributed by atoms with Crippen molar-refractivity contribution in [3.63, 3.8) is 0 Å². The van der Waals surface area contributed by atoms with Crippen molar-refractivity contribution < 1.29 is 18.8 Å². The van der Waals surface area contributed by atoms with E-state index in [1.165, 1.54) is 23.5 Å². The molecular formula is C23H30FN3O3. The molecule has 3 saturated heterocycles. The molecule has 3 heterocycles. The molecule has 0 aliphatic carbocycles. The number of piperidine rings is 2. The molecule has 0 saturated carbocycles. The van der Waals surface area contributed by atoms with Gasteiger partial charge in [0, 0.05) is 19.6 Å². The summed E-state index contributed by atoms with van der Waals surface area (Å²) in [5.74, 6) is -1.09. The van der Waals surface area contributed by atoms with E-state index in [-0.39, 0.29) is 23.5 Å². The van der Waals surface area contributed by atoms with Crippen molar-refractivity contribution >= 4 is 17.7 Å². The fraction of sp³-hybridized carbons (Fsp3) is 0.609. The zero-order valence-electron chi connectivity index (χ0n) is 17.6. The zero-order valence-corrected chi connectivity index (χ0v) is 17.6. The van der Waals surface area contributed by atoms with E-state index in [4.69, 9.17) is 0 Å². The highest BCUT2D eigenvalue weighted by molar-refractivity contribution is 6.10. The number of likely N-dealkylation sites (tertiary alicyclic amines) is 3. The number of rotatable bonds is 4. The third-order valence-corrected chi connectivity index (χ3v) is 7.07. The minimum Gasteiger partial charge on any atom is -0.342 e. The van der Waals surface area contributed by atoms with E-state index in [0.717, 1.165) is 25.9 Å². The third-order valence-electron chi connectivity index (χ3n) is 7.07. The maximum atomic E-state index is 13.4. The minimum absolute atomic E-state index is 0.119. The lowest BCUT2D eigenvalue weighted by atomic mass is 9.67. The van der Waals surface area contributed by atoms with Gasteiger partial charge in [-0.3, -0.25) is 24.2 Å². The van der Waals surface area contributed by atoms with Crippen LogP contribution in [0.15, 0.2) is 24.3 Å². The van der Waals surface area contributed by atoms with Crippen LogP contribution in [-0.4, -0.2) is 71.7 Å². The zero-order chi connectivity index (χ0) is 21.3. The van der Waals surface area contributed by atoms with Gasteiger partial charge in [0.2, 0.25) is 17.7 Å². The number of halogens is 1. The first kappa shape index (κ1) is 21.0. The summed E-state index contributed by atoms with van der Waals surface area (Å²) < 4.78 is 13.4. The van der Waals surface area contributed by atoms with Gasteiger partial charge in [-0.05, 0) is 69.8 Å². The van der Waals surface area contributed by atoms with E-state index in [2.05, 4.69) is 4.90 Å². The predicted octanol–water partition coefficient (Wildman–Crippen LogP) is 2.39. The van der Waals surface area contributed by atoms with Gasteiger partial charge in [-0.15, -0.1) is 0 Å². The Kier molecular flexibility index (Phi) is 5.91. The summed E-state index contributed by atoms with van der Waals surface area (Å²) >= 11 is 0. The molecule has 1 aromatic carbocycles. The highest BCUT2D eigenvalue weighted by Crippen LogP contribution is 2.51. The lowest BCUT2D eigenvalue weighted by molar-refractivity contribution is -0.142. The van der Waals surface area contributed by atoms with Gasteiger partial charge < -0.3 is 4.90 Å². The Bertz CT molecular complexity index is 811. The van der Waals surface area contributed by atoms with Gasteiger partial charge in [-0.1, -0.05) is 12.1 Å². The van der Waals surface area contributed by atoms with Crippen LogP contribution in [0.25, 0.3) is 0 Å². The molecule has 0 aromatic heterocycles. The van der Waals surface area contributed by atoms with Gasteiger partial charge in [0.15, 0.2) is 0 Å². The lowest BCUT2D eigenvalue weighted by Crippen LogP contribution is -2.50. The summed E-state index contributed by atoms with van der Waals surface area (Å²) in [6, 6.07) is 5.94. The minimum atomic E-state index is -0.796. The molecule has 0 bridgehead atoms. The molecule has 30 heavy (non-hydrogen) atoms. The summed E-state index contributed by atoms with van der Waals surface area (Å²) in [6.45, 7) is 5.40. The van der Waals surface area contributed by atoms with Crippen LogP contribution in [-0.2, 0) is 14.4 Å². The van der Waals surface area contributed by atoms with E-state index >= 15 is 0 Å². The van der Waals surface area contributed by atoms with Crippen LogP contribution in [0.2, 0.25) is 0 Å². The first-order valence-electron chi connectivity index (χ1n) is 11.1. The number of hydrogen-bond acceptors (Lipinski definition) is 4. The summed E-state index contributed by atoms with van der Waals surface area (Å²) in [4.78, 5) is 44.4. The average molecular weight is 416 g/mol. The fourth-order valence-corrected chi connectivity index (χ4v) is 5.35. The lowest BCUT2D eigenvalue weighted by Gasteiger charge is -2.40. The Balaban J connectivity index is 1.50. The summed E-state index contributed by atoms with van der Waals surface area (Å²) in [6.07, 6.45) is 4.38. The van der Waals surface area contributed by atoms with Crippen LogP contribution < -0.4 is 0 Å². The molecule has 0 N–H and O–H groups in total. The number of carbonyl (C=O) groups is 3. The van der Waals surface area contributed by atoms with Gasteiger partial charge in [0.1, 0.15) is 5.82 Å². The van der Waals surface area contributed by atoms with E-state index in [1.807, 2.05) is 11.8 Å². The number of carbonyl (C=O) groups excluding carboxylic acids is 3. The molecular weight excluding hydrogens is 385 g/mol. The molecule has 3 aliphatic rings. The molecule has 3 aliphatic heterocycles. The van der Waals surface area contributed by atoms with Gasteiger partial charge in [0.25, 0.3) is 0 Å². The molecule has 6 nitrogen and oxygen atoms in total. The molecule has 7 heteroatoms. The smallest absolute Gasteiger partial charge is 0.237 e. The third kappa shape index (κ3) is 3.64. The number of likely N-dealkylation sites (N-methyl/N-ethyl adjacent to an activating group) is 1. The molecule has 162 valence electrons. The maximum Gasteiger partial charge on any atom is 0.237 e. The van der Waals surface area contributed by atoms with Gasteiger partial charge in [-0.25, -0.2) is 4.39 Å². The quantitative estimate of drug-likeness (QED) is 0.709. The average Bonchev–Trinajstić information content (AvgIpc) is 2.97. The predicted molar refractivity (Wildman–Crippen MR) is 110 cm³/mol. The highest BCUT2D eigenvalue weighted by atomic mass is 19.1. The van der Waals surface area contributed by atoms with Gasteiger partial charge in [0.05, 0.1) is 17.9 Å². The van der Waals surface area contributed by atoms with Crippen LogP contribution in [0, 0.1) is 11.2 Å². The molecule has 1 aromatic rings. The highest BCUT2D eigenvalue weighted by Gasteiger charge is 2.59. The fourth-order valence-electron chi connectivity index (χ4n) is 5.35. The molecule has 3 fully saturated rings. The van der Waals surface area contributed by atoms with Crippen molar-refractivity contribution in [1.29, 1.82) is 0 Å². The summed E-state index contributed by atoms with van der Waals surface area (Å²) in [5, 5.41) is 0. The van der Waals surface area contributed by atoms with Crippen LogP contribution in [0.4, 0.5) is 4.39 Å². The van der Waals surface area contributed by atoms with E-state index in [1.54, 1.807) is 12.1 Å². The summed E-state index contributed by atoms with van der Waals surface area (Å²) in [7, 11) is 0. The van der Waals surface area contributed by atoms with Crippen LogP contribution >= 0.6 is 0 Å². The number of hydrogen-bond donors (Lipinski definition) is 0. The molecule has 4 rings (SSSR count). The van der Waals surface area contributed by atoms with Crippen LogP contribution in [0.5, 0.6) is 0 Å². The van der Waals surface area contributed by atoms with Crippen molar-refractivity contribution in [2.75, 3.05) is 39.3 Å². The molecule has 0 radical (unpaired) electrons. The standard InChI is InChI=1S/C23H30FN3O3/c1-2-27-21(29)20(17-6-8-18(24)9-7-17)23(22(27)30)10-14-25(15-11-23)16-19(28)26-12-4-3-5-13-26/h6-9,20H,2-5,10-16H2,1H3. The van der Waals surface area contributed by atoms with E-state index in [9.17, 15) is 18.8 Å². The molecule has 1 atom stereocenters. The number of nitrogens with zero attached hydrogens (tertiary/aromatic N) is 3. The van der Waals surface area contributed by atoms with Crippen molar-refractivity contribution in [3.05, 3.63) is 35.6 Å². The van der Waals surface area contributed by atoms with E-state index in [0.29, 0.717) is 44.6 Å². The number of benzene rings is 1. The molecule has 1 unspecified atom stereocenters. The number of amides is 3. The second kappa shape index (κ2) is 8.46. The SMILES string of the molecule is CCN1C(=O)C(c2ccc(F)cc2)C2(CCN(CC(=O)N3CCCCC3)CC2)C1=O. The second-order valence-corrected chi connectivity index (χ2v) is 8.75. The van der Waals surface area contributed by atoms with Gasteiger partial charge >= 0.3 is 0 Å². The Morgan fingerprint density at radius 3 is 2.27 bits per heavy atom. The summed E-state index contributed by atoms with van der Waals surface area (Å²) in [5.41, 5.74) is -0.0983. The Morgan fingerprint density at radius 1 is 1.03 bits per heavy atom. The Hall–Kier alpha value is -2.28. The first-order valence-corrected chi connectivity index (χ1v) is 11.1. The Labute approximate surface area is 177 Å². The Morgan fingerprint density at radius 2 is 1.67 bits per heavy atom. The van der Waals surface area contributed by atoms with Crippen molar-refractivity contribution in [3.8, 4) is 0 Å². The second-order valence-electron chi connectivity index (χ2n) is 8.75. The largest absolute Gasteiger partial charge is 0.342 e. The molecule has 1 spiro atoms. The number of imide groups is 1. The van der Waals surface area contributed by atoms with Gasteiger partial charge in [-0.2, -0.15) is 0 Å². The maximum absolute atomic E-state index is 13.4. The topological polar surface area (TPSA) is 60.9 Å². The van der Waals surface area contributed by atoms with Crippen molar-refractivity contribution in [2.24, 2.45) is 5.41 Å².